The van der Waals surface area contributed by atoms with Crippen molar-refractivity contribution in [2.24, 2.45) is 7.05 Å². The average Bonchev–Trinajstić information content (AvgIpc) is 3.40. The molecule has 1 aromatic carbocycles. The number of methoxy groups -OCH3 is 1. The van der Waals surface area contributed by atoms with Crippen molar-refractivity contribution in [1.29, 1.82) is 0 Å². The number of benzene rings is 1. The van der Waals surface area contributed by atoms with Gasteiger partial charge < -0.3 is 18.8 Å². The minimum atomic E-state index is -4.66. The van der Waals surface area contributed by atoms with E-state index in [0.29, 0.717) is 31.9 Å². The molecular weight excluding hydrogens is 491 g/mol. The van der Waals surface area contributed by atoms with Crippen molar-refractivity contribution in [2.45, 2.75) is 24.6 Å². The summed E-state index contributed by atoms with van der Waals surface area (Å²) in [7, 11) is 3.37. The molecule has 196 valence electrons. The second kappa shape index (κ2) is 9.77. The maximum atomic E-state index is 14.0. The Balaban J connectivity index is 1.54. The molecule has 0 spiro atoms. The van der Waals surface area contributed by atoms with Crippen molar-refractivity contribution in [3.8, 4) is 5.69 Å². The zero-order valence-corrected chi connectivity index (χ0v) is 20.4. The Hall–Kier alpha value is -3.48. The molecule has 3 aromatic heterocycles. The average molecular weight is 518 g/mol. The maximum absolute atomic E-state index is 14.0. The van der Waals surface area contributed by atoms with Gasteiger partial charge in [-0.05, 0) is 29.3 Å². The van der Waals surface area contributed by atoms with Crippen LogP contribution in [-0.4, -0.2) is 57.3 Å². The Morgan fingerprint density at radius 1 is 1.16 bits per heavy atom. The lowest BCUT2D eigenvalue weighted by Crippen LogP contribution is -2.49. The highest BCUT2D eigenvalue weighted by Crippen LogP contribution is 2.37. The quantitative estimate of drug-likeness (QED) is 0.318. The van der Waals surface area contributed by atoms with Crippen LogP contribution in [-0.2, 0) is 45.9 Å². The highest BCUT2D eigenvalue weighted by Gasteiger charge is 2.42. The summed E-state index contributed by atoms with van der Waals surface area (Å²) in [4.78, 5) is 13.3. The number of hydrogen-bond donors (Lipinski definition) is 0. The van der Waals surface area contributed by atoms with E-state index >= 15 is 0 Å². The molecular formula is C25H26F3N5O4. The molecule has 4 aromatic rings. The molecule has 5 rings (SSSR count). The number of imidazole rings is 1. The first-order valence-electron chi connectivity index (χ1n) is 11.6. The van der Waals surface area contributed by atoms with Gasteiger partial charge in [-0.2, -0.15) is 13.2 Å². The second-order valence-electron chi connectivity index (χ2n) is 9.20. The third-order valence-electron chi connectivity index (χ3n) is 6.62. The van der Waals surface area contributed by atoms with E-state index in [9.17, 15) is 18.0 Å². The van der Waals surface area contributed by atoms with Crippen LogP contribution in [0.2, 0.25) is 0 Å². The molecule has 0 bridgehead atoms. The van der Waals surface area contributed by atoms with Crippen molar-refractivity contribution in [2.75, 3.05) is 33.5 Å². The van der Waals surface area contributed by atoms with Gasteiger partial charge in [0.1, 0.15) is 12.2 Å². The van der Waals surface area contributed by atoms with Gasteiger partial charge >= 0.3 is 11.9 Å². The van der Waals surface area contributed by atoms with Gasteiger partial charge in [0.25, 0.3) is 0 Å². The summed E-state index contributed by atoms with van der Waals surface area (Å²) in [5.74, 6) is 0.788. The molecule has 9 nitrogen and oxygen atoms in total. The number of aromatic nitrogens is 5. The molecule has 0 unspecified atom stereocenters. The van der Waals surface area contributed by atoms with E-state index in [0.717, 1.165) is 21.9 Å². The van der Waals surface area contributed by atoms with Crippen LogP contribution < -0.4 is 5.69 Å². The van der Waals surface area contributed by atoms with Crippen LogP contribution in [0.3, 0.4) is 0 Å². The summed E-state index contributed by atoms with van der Waals surface area (Å²) in [6.07, 6.45) is 0.157. The van der Waals surface area contributed by atoms with Crippen LogP contribution >= 0.6 is 0 Å². The Morgan fingerprint density at radius 3 is 2.62 bits per heavy atom. The molecule has 0 radical (unpaired) electrons. The zero-order valence-electron chi connectivity index (χ0n) is 20.4. The third kappa shape index (κ3) is 4.79. The molecule has 1 aliphatic rings. The van der Waals surface area contributed by atoms with Gasteiger partial charge in [-0.25, -0.2) is 4.79 Å². The maximum Gasteiger partial charge on any atom is 0.418 e. The lowest BCUT2D eigenvalue weighted by molar-refractivity contribution is -0.136. The number of halogens is 3. The lowest BCUT2D eigenvalue weighted by atomic mass is 9.75. The topological polar surface area (TPSA) is 84.8 Å². The van der Waals surface area contributed by atoms with E-state index in [1.165, 1.54) is 24.1 Å². The summed E-state index contributed by atoms with van der Waals surface area (Å²) >= 11 is 0. The first-order valence-corrected chi connectivity index (χ1v) is 11.6. The van der Waals surface area contributed by atoms with Gasteiger partial charge in [-0.15, -0.1) is 10.2 Å². The van der Waals surface area contributed by atoms with Crippen LogP contribution in [0.15, 0.2) is 53.8 Å². The van der Waals surface area contributed by atoms with E-state index < -0.39 is 17.4 Å². The van der Waals surface area contributed by atoms with E-state index in [2.05, 4.69) is 10.2 Å². The van der Waals surface area contributed by atoms with E-state index in [-0.39, 0.29) is 29.7 Å². The Morgan fingerprint density at radius 2 is 1.97 bits per heavy atom. The fourth-order valence-electron chi connectivity index (χ4n) is 4.54. The van der Waals surface area contributed by atoms with Crippen LogP contribution in [0.25, 0.3) is 11.2 Å². The Labute approximate surface area is 210 Å². The standard InChI is InChI=1S/C25H26F3N5O4/c1-31-16-29-30-22(31)10-24(14-37-15-24)18-4-3-5-19(9-18)32-12-21-20(25(26,27)28)8-17(11-33(21)23(32)34)13-36-7-6-35-2/h3-5,8-9,11-12,16H,6-7,10,13-15H2,1-2H3. The largest absolute Gasteiger partial charge is 0.418 e. The predicted molar refractivity (Wildman–Crippen MR) is 127 cm³/mol. The highest BCUT2D eigenvalue weighted by molar-refractivity contribution is 5.58. The molecule has 0 N–H and O–H groups in total. The van der Waals surface area contributed by atoms with Crippen LogP contribution in [0.4, 0.5) is 13.2 Å². The first kappa shape index (κ1) is 25.2. The number of nitrogens with zero attached hydrogens (tertiary/aromatic N) is 5. The first-order chi connectivity index (χ1) is 17.7. The van der Waals surface area contributed by atoms with Crippen LogP contribution in [0.1, 0.15) is 22.5 Å². The fourth-order valence-corrected chi connectivity index (χ4v) is 4.54. The van der Waals surface area contributed by atoms with Gasteiger partial charge in [-0.1, -0.05) is 12.1 Å². The number of fused-ring (bicyclic) bond motifs is 1. The SMILES string of the molecule is COCCOCc1cc(C(F)(F)F)c2cn(-c3cccc(C4(Cc5nncn5C)COC4)c3)c(=O)n2c1. The van der Waals surface area contributed by atoms with Gasteiger partial charge in [0, 0.05) is 38.4 Å². The molecule has 0 atom stereocenters. The summed E-state index contributed by atoms with van der Waals surface area (Å²) in [5, 5.41) is 8.12. The van der Waals surface area contributed by atoms with Crippen molar-refractivity contribution >= 4 is 5.52 Å². The number of rotatable bonds is 9. The van der Waals surface area contributed by atoms with E-state index in [4.69, 9.17) is 14.2 Å². The van der Waals surface area contributed by atoms with Gasteiger partial charge in [-0.3, -0.25) is 8.97 Å². The van der Waals surface area contributed by atoms with Crippen molar-refractivity contribution in [3.63, 3.8) is 0 Å². The lowest BCUT2D eigenvalue weighted by Gasteiger charge is -2.41. The number of pyridine rings is 1. The van der Waals surface area contributed by atoms with Crippen molar-refractivity contribution in [1.82, 2.24) is 23.7 Å². The van der Waals surface area contributed by atoms with Gasteiger partial charge in [0.2, 0.25) is 0 Å². The molecule has 1 aliphatic heterocycles. The molecule has 0 saturated carbocycles. The summed E-state index contributed by atoms with van der Waals surface area (Å²) in [6, 6.07) is 8.25. The highest BCUT2D eigenvalue weighted by atomic mass is 19.4. The number of aryl methyl sites for hydroxylation is 1. The fraction of sp³-hybridized carbons (Fsp3) is 0.400. The van der Waals surface area contributed by atoms with Gasteiger partial charge in [0.15, 0.2) is 0 Å². The Kier molecular flexibility index (Phi) is 6.65. The molecule has 1 fully saturated rings. The Bertz CT molecular complexity index is 1470. The number of hydrogen-bond acceptors (Lipinski definition) is 6. The van der Waals surface area contributed by atoms with E-state index in [1.54, 1.807) is 18.5 Å². The minimum absolute atomic E-state index is 0.0833. The van der Waals surface area contributed by atoms with Gasteiger partial charge in [0.05, 0.1) is 49.8 Å². The van der Waals surface area contributed by atoms with Crippen LogP contribution in [0.5, 0.6) is 0 Å². The second-order valence-corrected chi connectivity index (χ2v) is 9.20. The van der Waals surface area contributed by atoms with Crippen LogP contribution in [0, 0.1) is 0 Å². The molecule has 1 saturated heterocycles. The summed E-state index contributed by atoms with van der Waals surface area (Å²) in [5.41, 5.74) is -0.514. The minimum Gasteiger partial charge on any atom is -0.382 e. The molecule has 4 heterocycles. The third-order valence-corrected chi connectivity index (χ3v) is 6.62. The number of ether oxygens (including phenoxy) is 3. The summed E-state index contributed by atoms with van der Waals surface area (Å²) in [6.45, 7) is 1.36. The molecule has 0 aliphatic carbocycles. The smallest absolute Gasteiger partial charge is 0.382 e. The zero-order chi connectivity index (χ0) is 26.2. The number of alkyl halides is 3. The van der Waals surface area contributed by atoms with E-state index in [1.807, 2.05) is 23.7 Å². The van der Waals surface area contributed by atoms with Crippen molar-refractivity contribution in [3.05, 3.63) is 82.1 Å². The monoisotopic (exact) mass is 517 g/mol. The molecule has 12 heteroatoms. The molecule has 37 heavy (non-hydrogen) atoms. The molecule has 0 amide bonds. The predicted octanol–water partition coefficient (Wildman–Crippen LogP) is 2.91. The van der Waals surface area contributed by atoms with Crippen molar-refractivity contribution < 1.29 is 27.4 Å². The normalized spacial score (nSPS) is 15.3. The summed E-state index contributed by atoms with van der Waals surface area (Å²) < 4.78 is 61.8.